The standard InChI is InChI=1S/C20H27BrN2O3.ClH/c1-22(19(24)15-6-8-16(21)9-7-15)17-5-4-10-20(25-13-14-26-20)18(17)23-11-2-3-12-23;/h6-9,17-18H,2-5,10-14H2,1H3;1H/t17-,18+;/m0./s1. The van der Waals surface area contributed by atoms with E-state index in [1.54, 1.807) is 0 Å². The minimum Gasteiger partial charge on any atom is -0.346 e. The Labute approximate surface area is 175 Å². The van der Waals surface area contributed by atoms with E-state index in [1.165, 1.54) is 12.8 Å². The lowest BCUT2D eigenvalue weighted by atomic mass is 9.82. The molecule has 1 aromatic carbocycles. The first-order valence-electron chi connectivity index (χ1n) is 9.65. The zero-order valence-corrected chi connectivity index (χ0v) is 18.1. The highest BCUT2D eigenvalue weighted by Crippen LogP contribution is 2.41. The summed E-state index contributed by atoms with van der Waals surface area (Å²) in [6.45, 7) is 3.44. The average molecular weight is 460 g/mol. The molecule has 0 N–H and O–H groups in total. The molecule has 2 saturated heterocycles. The molecule has 1 amide bonds. The Morgan fingerprint density at radius 2 is 1.78 bits per heavy atom. The van der Waals surface area contributed by atoms with Crippen LogP contribution in [0.2, 0.25) is 0 Å². The summed E-state index contributed by atoms with van der Waals surface area (Å²) in [6, 6.07) is 7.83. The van der Waals surface area contributed by atoms with Crippen molar-refractivity contribution in [1.82, 2.24) is 9.80 Å². The molecule has 0 aromatic heterocycles. The maximum atomic E-state index is 13.1. The third-order valence-electron chi connectivity index (χ3n) is 6.06. The van der Waals surface area contributed by atoms with Gasteiger partial charge in [0, 0.05) is 23.5 Å². The van der Waals surface area contributed by atoms with Gasteiger partial charge in [-0.05, 0) is 63.0 Å². The van der Waals surface area contributed by atoms with Gasteiger partial charge in [-0.3, -0.25) is 9.69 Å². The van der Waals surface area contributed by atoms with Crippen LogP contribution < -0.4 is 0 Å². The number of carbonyl (C=O) groups excluding carboxylic acids is 1. The monoisotopic (exact) mass is 458 g/mol. The largest absolute Gasteiger partial charge is 0.346 e. The van der Waals surface area contributed by atoms with Gasteiger partial charge in [0.1, 0.15) is 0 Å². The summed E-state index contributed by atoms with van der Waals surface area (Å²) >= 11 is 3.44. The van der Waals surface area contributed by atoms with Crippen molar-refractivity contribution in [2.45, 2.75) is 50.0 Å². The maximum absolute atomic E-state index is 13.1. The highest BCUT2D eigenvalue weighted by atomic mass is 79.9. The van der Waals surface area contributed by atoms with Crippen molar-refractivity contribution in [3.8, 4) is 0 Å². The van der Waals surface area contributed by atoms with Crippen LogP contribution in [0.5, 0.6) is 0 Å². The summed E-state index contributed by atoms with van der Waals surface area (Å²) < 4.78 is 13.3. The number of rotatable bonds is 3. The molecular formula is C20H28BrClN2O3. The second-order valence-corrected chi connectivity index (χ2v) is 8.49. The van der Waals surface area contributed by atoms with Crippen LogP contribution in [-0.2, 0) is 9.47 Å². The molecule has 7 heteroatoms. The second-order valence-electron chi connectivity index (χ2n) is 7.58. The van der Waals surface area contributed by atoms with Crippen LogP contribution in [0, 0.1) is 0 Å². The van der Waals surface area contributed by atoms with Gasteiger partial charge in [-0.1, -0.05) is 15.9 Å². The molecule has 3 aliphatic rings. The number of carbonyl (C=O) groups is 1. The summed E-state index contributed by atoms with van der Waals surface area (Å²) in [6.07, 6.45) is 5.36. The first-order valence-corrected chi connectivity index (χ1v) is 10.4. The Kier molecular flexibility index (Phi) is 6.85. The van der Waals surface area contributed by atoms with E-state index in [0.717, 1.165) is 42.4 Å². The molecule has 1 aliphatic carbocycles. The maximum Gasteiger partial charge on any atom is 0.253 e. The van der Waals surface area contributed by atoms with Gasteiger partial charge >= 0.3 is 0 Å². The molecule has 5 nitrogen and oxygen atoms in total. The fraction of sp³-hybridized carbons (Fsp3) is 0.650. The molecule has 2 aliphatic heterocycles. The number of amides is 1. The first kappa shape index (κ1) is 21.1. The van der Waals surface area contributed by atoms with Crippen LogP contribution in [0.25, 0.3) is 0 Å². The number of benzene rings is 1. The first-order chi connectivity index (χ1) is 12.6. The number of nitrogens with zero attached hydrogens (tertiary/aromatic N) is 2. The predicted molar refractivity (Wildman–Crippen MR) is 110 cm³/mol. The van der Waals surface area contributed by atoms with E-state index in [0.29, 0.717) is 13.2 Å². The lowest BCUT2D eigenvalue weighted by Gasteiger charge is -2.50. The predicted octanol–water partition coefficient (Wildman–Crippen LogP) is 3.70. The van der Waals surface area contributed by atoms with E-state index in [4.69, 9.17) is 9.47 Å². The van der Waals surface area contributed by atoms with Crippen molar-refractivity contribution in [2.75, 3.05) is 33.4 Å². The number of hydrogen-bond donors (Lipinski definition) is 0. The summed E-state index contributed by atoms with van der Waals surface area (Å²) in [7, 11) is 1.94. The lowest BCUT2D eigenvalue weighted by molar-refractivity contribution is -0.228. The fourth-order valence-electron chi connectivity index (χ4n) is 4.84. The smallest absolute Gasteiger partial charge is 0.253 e. The number of likely N-dealkylation sites (tertiary alicyclic amines) is 1. The van der Waals surface area contributed by atoms with Crippen molar-refractivity contribution in [3.63, 3.8) is 0 Å². The van der Waals surface area contributed by atoms with E-state index in [9.17, 15) is 4.79 Å². The van der Waals surface area contributed by atoms with E-state index >= 15 is 0 Å². The number of ether oxygens (including phenoxy) is 2. The van der Waals surface area contributed by atoms with Crippen molar-refractivity contribution in [3.05, 3.63) is 34.3 Å². The SMILES string of the molecule is CN(C(=O)c1ccc(Br)cc1)[C@H]1CCCC2(OCCO2)[C@@H]1N1CCCC1.Cl. The van der Waals surface area contributed by atoms with E-state index < -0.39 is 5.79 Å². The zero-order valence-electron chi connectivity index (χ0n) is 15.7. The molecule has 4 rings (SSSR count). The van der Waals surface area contributed by atoms with Gasteiger partial charge in [0.25, 0.3) is 5.91 Å². The van der Waals surface area contributed by atoms with Crippen LogP contribution in [0.3, 0.4) is 0 Å². The second kappa shape index (κ2) is 8.78. The average Bonchev–Trinajstić information content (AvgIpc) is 3.34. The molecule has 1 saturated carbocycles. The minimum absolute atomic E-state index is 0. The molecule has 2 atom stereocenters. The van der Waals surface area contributed by atoms with E-state index in [-0.39, 0.29) is 30.4 Å². The van der Waals surface area contributed by atoms with Crippen LogP contribution in [0.4, 0.5) is 0 Å². The summed E-state index contributed by atoms with van der Waals surface area (Å²) in [5, 5.41) is 0. The van der Waals surface area contributed by atoms with Crippen LogP contribution in [-0.4, -0.2) is 66.9 Å². The van der Waals surface area contributed by atoms with Gasteiger partial charge in [0.2, 0.25) is 0 Å². The minimum atomic E-state index is -0.540. The van der Waals surface area contributed by atoms with Crippen LogP contribution in [0.15, 0.2) is 28.7 Å². The molecule has 0 bridgehead atoms. The quantitative estimate of drug-likeness (QED) is 0.691. The normalized spacial score (nSPS) is 27.5. The molecule has 150 valence electrons. The molecule has 1 aromatic rings. The van der Waals surface area contributed by atoms with E-state index in [1.807, 2.05) is 36.2 Å². The van der Waals surface area contributed by atoms with E-state index in [2.05, 4.69) is 20.8 Å². The highest BCUT2D eigenvalue weighted by Gasteiger charge is 2.54. The zero-order chi connectivity index (χ0) is 18.1. The molecule has 2 heterocycles. The number of hydrogen-bond acceptors (Lipinski definition) is 4. The lowest BCUT2D eigenvalue weighted by Crippen LogP contribution is -2.65. The fourth-order valence-corrected chi connectivity index (χ4v) is 5.10. The van der Waals surface area contributed by atoms with Gasteiger partial charge in [0.15, 0.2) is 5.79 Å². The summed E-state index contributed by atoms with van der Waals surface area (Å²) in [4.78, 5) is 17.6. The van der Waals surface area contributed by atoms with Crippen molar-refractivity contribution in [1.29, 1.82) is 0 Å². The number of halogens is 2. The Morgan fingerprint density at radius 1 is 1.15 bits per heavy atom. The van der Waals surface area contributed by atoms with Gasteiger partial charge < -0.3 is 14.4 Å². The van der Waals surface area contributed by atoms with Gasteiger partial charge in [-0.2, -0.15) is 0 Å². The molecule has 1 spiro atoms. The molecule has 3 fully saturated rings. The third kappa shape index (κ3) is 4.06. The third-order valence-corrected chi connectivity index (χ3v) is 6.59. The van der Waals surface area contributed by atoms with Crippen LogP contribution in [0.1, 0.15) is 42.5 Å². The van der Waals surface area contributed by atoms with Gasteiger partial charge in [-0.15, -0.1) is 12.4 Å². The van der Waals surface area contributed by atoms with Crippen molar-refractivity contribution < 1.29 is 14.3 Å². The topological polar surface area (TPSA) is 42.0 Å². The van der Waals surface area contributed by atoms with Crippen LogP contribution >= 0.6 is 28.3 Å². The Bertz CT molecular complexity index is 645. The number of likely N-dealkylation sites (N-methyl/N-ethyl adjacent to an activating group) is 1. The van der Waals surface area contributed by atoms with Crippen molar-refractivity contribution in [2.24, 2.45) is 0 Å². The summed E-state index contributed by atoms with van der Waals surface area (Å²) in [5.74, 6) is -0.469. The van der Waals surface area contributed by atoms with Crippen molar-refractivity contribution >= 4 is 34.2 Å². The molecule has 27 heavy (non-hydrogen) atoms. The Balaban J connectivity index is 0.00000210. The molecular weight excluding hydrogens is 432 g/mol. The molecule has 0 unspecified atom stereocenters. The highest BCUT2D eigenvalue weighted by molar-refractivity contribution is 9.10. The van der Waals surface area contributed by atoms with Gasteiger partial charge in [-0.25, -0.2) is 0 Å². The van der Waals surface area contributed by atoms with Gasteiger partial charge in [0.05, 0.1) is 25.3 Å². The summed E-state index contributed by atoms with van der Waals surface area (Å²) in [5.41, 5.74) is 0.726. The Morgan fingerprint density at radius 3 is 2.41 bits per heavy atom. The Hall–Kier alpha value is -0.660. The molecule has 0 radical (unpaired) electrons.